The summed E-state index contributed by atoms with van der Waals surface area (Å²) in [5, 5.41) is 3.88. The zero-order chi connectivity index (χ0) is 14.7. The molecule has 106 valence electrons. The number of H-pyrrole nitrogens is 1. The van der Waals surface area contributed by atoms with Crippen LogP contribution >= 0.6 is 0 Å². The van der Waals surface area contributed by atoms with Crippen molar-refractivity contribution < 1.29 is 4.79 Å². The Kier molecular flexibility index (Phi) is 4.20. The zero-order valence-electron chi connectivity index (χ0n) is 12.0. The topological polar surface area (TPSA) is 65.2 Å². The highest BCUT2D eigenvalue weighted by molar-refractivity contribution is 5.99. The highest BCUT2D eigenvalue weighted by Gasteiger charge is 2.19. The van der Waals surface area contributed by atoms with Crippen LogP contribution in [0.1, 0.15) is 15.9 Å². The Morgan fingerprint density at radius 2 is 2.05 bits per heavy atom. The van der Waals surface area contributed by atoms with Crippen LogP contribution in [0.15, 0.2) is 29.1 Å². The smallest absolute Gasteiger partial charge is 0.261 e. The normalized spacial score (nSPS) is 10.8. The first-order chi connectivity index (χ1) is 9.56. The van der Waals surface area contributed by atoms with Gasteiger partial charge in [-0.3, -0.25) is 9.59 Å². The highest BCUT2D eigenvalue weighted by atomic mass is 16.2. The minimum absolute atomic E-state index is 0.224. The molecular formula is C15H19N3O2. The van der Waals surface area contributed by atoms with E-state index in [-0.39, 0.29) is 17.0 Å². The largest absolute Gasteiger partial charge is 0.340 e. The summed E-state index contributed by atoms with van der Waals surface area (Å²) in [5.74, 6) is -0.246. The molecule has 0 saturated heterocycles. The molecule has 0 radical (unpaired) electrons. The van der Waals surface area contributed by atoms with E-state index in [1.807, 2.05) is 38.2 Å². The Balaban J connectivity index is 2.49. The number of nitrogens with zero attached hydrogens (tertiary/aromatic N) is 1. The van der Waals surface area contributed by atoms with Crippen molar-refractivity contribution in [2.45, 2.75) is 6.92 Å². The second-order valence-electron chi connectivity index (χ2n) is 4.83. The van der Waals surface area contributed by atoms with Crippen LogP contribution in [0.2, 0.25) is 0 Å². The molecule has 1 amide bonds. The summed E-state index contributed by atoms with van der Waals surface area (Å²) < 4.78 is 0. The summed E-state index contributed by atoms with van der Waals surface area (Å²) in [4.78, 5) is 28.9. The van der Waals surface area contributed by atoms with E-state index in [2.05, 4.69) is 10.3 Å². The molecule has 0 aliphatic rings. The number of amides is 1. The monoisotopic (exact) mass is 273 g/mol. The van der Waals surface area contributed by atoms with E-state index in [1.165, 1.54) is 0 Å². The average molecular weight is 273 g/mol. The number of aromatic nitrogens is 1. The molecule has 0 spiro atoms. The first-order valence-corrected chi connectivity index (χ1v) is 6.58. The van der Waals surface area contributed by atoms with Gasteiger partial charge in [0.05, 0.1) is 0 Å². The molecule has 5 nitrogen and oxygen atoms in total. The summed E-state index contributed by atoms with van der Waals surface area (Å²) in [5.41, 5.74) is 1.37. The number of carbonyl (C=O) groups is 1. The molecule has 2 aromatic rings. The summed E-state index contributed by atoms with van der Waals surface area (Å²) >= 11 is 0. The fraction of sp³-hybridized carbons (Fsp3) is 0.333. The summed E-state index contributed by atoms with van der Waals surface area (Å²) in [6.07, 6.45) is 0. The van der Waals surface area contributed by atoms with Crippen molar-refractivity contribution >= 4 is 16.8 Å². The Hall–Kier alpha value is -2.14. The number of likely N-dealkylation sites (N-methyl/N-ethyl adjacent to an activating group) is 2. The molecule has 20 heavy (non-hydrogen) atoms. The highest BCUT2D eigenvalue weighted by Crippen LogP contribution is 2.17. The van der Waals surface area contributed by atoms with Gasteiger partial charge in [-0.15, -0.1) is 0 Å². The molecule has 0 bridgehead atoms. The van der Waals surface area contributed by atoms with Gasteiger partial charge in [-0.1, -0.05) is 18.2 Å². The Bertz CT molecular complexity index is 691. The van der Waals surface area contributed by atoms with E-state index >= 15 is 0 Å². The lowest BCUT2D eigenvalue weighted by Gasteiger charge is -2.18. The number of hydrogen-bond donors (Lipinski definition) is 2. The number of fused-ring (bicyclic) bond motifs is 1. The molecule has 1 aromatic heterocycles. The Morgan fingerprint density at radius 1 is 1.35 bits per heavy atom. The van der Waals surface area contributed by atoms with E-state index in [0.29, 0.717) is 13.1 Å². The second-order valence-corrected chi connectivity index (χ2v) is 4.83. The number of nitrogens with one attached hydrogen (secondary N) is 2. The van der Waals surface area contributed by atoms with Gasteiger partial charge in [0.15, 0.2) is 0 Å². The van der Waals surface area contributed by atoms with Gasteiger partial charge in [0.25, 0.3) is 11.5 Å². The van der Waals surface area contributed by atoms with Gasteiger partial charge in [-0.25, -0.2) is 0 Å². The molecule has 2 N–H and O–H groups in total. The number of carbonyl (C=O) groups excluding carboxylic acids is 1. The van der Waals surface area contributed by atoms with Gasteiger partial charge in [0.1, 0.15) is 5.56 Å². The average Bonchev–Trinajstić information content (AvgIpc) is 2.44. The molecule has 1 heterocycles. The number of benzene rings is 1. The van der Waals surface area contributed by atoms with Gasteiger partial charge >= 0.3 is 0 Å². The van der Waals surface area contributed by atoms with Gasteiger partial charge < -0.3 is 15.2 Å². The predicted octanol–water partition coefficient (Wildman–Crippen LogP) is 1.13. The van der Waals surface area contributed by atoms with E-state index in [1.54, 1.807) is 11.9 Å². The first kappa shape index (κ1) is 14.3. The minimum Gasteiger partial charge on any atom is -0.340 e. The van der Waals surface area contributed by atoms with E-state index < -0.39 is 0 Å². The van der Waals surface area contributed by atoms with Crippen molar-refractivity contribution in [3.05, 3.63) is 45.7 Å². The van der Waals surface area contributed by atoms with Crippen LogP contribution < -0.4 is 10.9 Å². The molecule has 0 fully saturated rings. The zero-order valence-corrected chi connectivity index (χ0v) is 12.0. The third kappa shape index (κ3) is 2.58. The lowest BCUT2D eigenvalue weighted by Crippen LogP contribution is -2.36. The van der Waals surface area contributed by atoms with Crippen LogP contribution in [0, 0.1) is 6.92 Å². The number of aryl methyl sites for hydroxylation is 1. The molecule has 0 atom stereocenters. The standard InChI is InChI=1S/C15H19N3O2/c1-10-11-6-4-5-7-12(11)17-14(19)13(10)15(20)18(3)9-8-16-2/h4-7,16H,8-9H2,1-3H3,(H,17,19). The fourth-order valence-corrected chi connectivity index (χ4v) is 2.24. The van der Waals surface area contributed by atoms with Gasteiger partial charge in [-0.2, -0.15) is 0 Å². The van der Waals surface area contributed by atoms with Crippen LogP contribution in [0.3, 0.4) is 0 Å². The third-order valence-electron chi connectivity index (χ3n) is 3.44. The second kappa shape index (κ2) is 5.88. The van der Waals surface area contributed by atoms with E-state index in [9.17, 15) is 9.59 Å². The van der Waals surface area contributed by atoms with Gasteiger partial charge in [0.2, 0.25) is 0 Å². The number of hydrogen-bond acceptors (Lipinski definition) is 3. The van der Waals surface area contributed by atoms with Crippen molar-refractivity contribution in [2.24, 2.45) is 0 Å². The summed E-state index contributed by atoms with van der Waals surface area (Å²) in [7, 11) is 3.53. The van der Waals surface area contributed by atoms with Crippen LogP contribution in [0.25, 0.3) is 10.9 Å². The number of para-hydroxylation sites is 1. The first-order valence-electron chi connectivity index (χ1n) is 6.58. The molecule has 0 aliphatic heterocycles. The maximum atomic E-state index is 12.4. The number of rotatable bonds is 4. The van der Waals surface area contributed by atoms with Crippen molar-refractivity contribution in [1.82, 2.24) is 15.2 Å². The van der Waals surface area contributed by atoms with Crippen LogP contribution in [-0.4, -0.2) is 43.0 Å². The predicted molar refractivity (Wildman–Crippen MR) is 80.2 cm³/mol. The Labute approximate surface area is 117 Å². The van der Waals surface area contributed by atoms with Crippen LogP contribution in [0.4, 0.5) is 0 Å². The molecule has 1 aromatic carbocycles. The lowest BCUT2D eigenvalue weighted by molar-refractivity contribution is 0.0794. The molecule has 5 heteroatoms. The Morgan fingerprint density at radius 3 is 2.75 bits per heavy atom. The molecule has 0 saturated carbocycles. The SMILES string of the molecule is CNCCN(C)C(=O)c1c(C)c2ccccc2[nH]c1=O. The van der Waals surface area contributed by atoms with Crippen molar-refractivity contribution in [3.63, 3.8) is 0 Å². The van der Waals surface area contributed by atoms with Crippen molar-refractivity contribution in [3.8, 4) is 0 Å². The van der Waals surface area contributed by atoms with E-state index in [0.717, 1.165) is 16.5 Å². The van der Waals surface area contributed by atoms with E-state index in [4.69, 9.17) is 0 Å². The van der Waals surface area contributed by atoms with Crippen molar-refractivity contribution in [1.29, 1.82) is 0 Å². The molecule has 2 rings (SSSR count). The number of pyridine rings is 1. The lowest BCUT2D eigenvalue weighted by atomic mass is 10.0. The third-order valence-corrected chi connectivity index (χ3v) is 3.44. The van der Waals surface area contributed by atoms with Crippen molar-refractivity contribution in [2.75, 3.05) is 27.2 Å². The summed E-state index contributed by atoms with van der Waals surface area (Å²) in [6, 6.07) is 7.50. The molecule has 0 unspecified atom stereocenters. The van der Waals surface area contributed by atoms with Gasteiger partial charge in [-0.05, 0) is 25.6 Å². The maximum absolute atomic E-state index is 12.4. The fourth-order valence-electron chi connectivity index (χ4n) is 2.24. The van der Waals surface area contributed by atoms with Gasteiger partial charge in [0, 0.05) is 31.0 Å². The summed E-state index contributed by atoms with van der Waals surface area (Å²) in [6.45, 7) is 3.06. The van der Waals surface area contributed by atoms with Crippen LogP contribution in [0.5, 0.6) is 0 Å². The minimum atomic E-state index is -0.331. The molecular weight excluding hydrogens is 254 g/mol. The quantitative estimate of drug-likeness (QED) is 0.877. The maximum Gasteiger partial charge on any atom is 0.261 e. The molecule has 0 aliphatic carbocycles. The number of aromatic amines is 1. The van der Waals surface area contributed by atoms with Crippen LogP contribution in [-0.2, 0) is 0 Å².